The Balaban J connectivity index is 1.83. The lowest BCUT2D eigenvalue weighted by atomic mass is 10.2. The largest absolute Gasteiger partial charge is 0.444 e. The van der Waals surface area contributed by atoms with Crippen LogP contribution in [0, 0.1) is 0 Å². The molecule has 2 heterocycles. The van der Waals surface area contributed by atoms with Gasteiger partial charge in [-0.25, -0.2) is 4.98 Å². The molecular formula is C16H16BrN3O2S. The van der Waals surface area contributed by atoms with Crippen molar-refractivity contribution >= 4 is 44.6 Å². The van der Waals surface area contributed by atoms with E-state index in [1.165, 1.54) is 0 Å². The third-order valence-corrected chi connectivity index (χ3v) is 4.52. The zero-order valence-corrected chi connectivity index (χ0v) is 14.9. The number of furan rings is 1. The van der Waals surface area contributed by atoms with E-state index in [0.29, 0.717) is 4.67 Å². The molecule has 0 aliphatic carbocycles. The zero-order valence-electron chi connectivity index (χ0n) is 12.5. The minimum atomic E-state index is -0.248. The van der Waals surface area contributed by atoms with Crippen LogP contribution in [0.25, 0.3) is 11.0 Å². The molecule has 0 radical (unpaired) electrons. The van der Waals surface area contributed by atoms with Gasteiger partial charge in [0.15, 0.2) is 10.4 Å². The van der Waals surface area contributed by atoms with Crippen molar-refractivity contribution < 1.29 is 9.21 Å². The van der Waals surface area contributed by atoms with E-state index in [4.69, 9.17) is 4.42 Å². The second-order valence-electron chi connectivity index (χ2n) is 5.05. The number of carbonyl (C=O) groups excluding carboxylic acids is 1. The molecule has 0 fully saturated rings. The molecule has 0 unspecified atom stereocenters. The Bertz CT molecular complexity index is 781. The summed E-state index contributed by atoms with van der Waals surface area (Å²) in [7, 11) is 0. The van der Waals surface area contributed by atoms with E-state index >= 15 is 0 Å². The molecule has 3 rings (SSSR count). The van der Waals surface area contributed by atoms with E-state index in [9.17, 15) is 4.79 Å². The van der Waals surface area contributed by atoms with Gasteiger partial charge in [0.1, 0.15) is 5.82 Å². The smallest absolute Gasteiger partial charge is 0.287 e. The first kappa shape index (κ1) is 16.1. The summed E-state index contributed by atoms with van der Waals surface area (Å²) in [6.45, 7) is 0. The number of carbonyl (C=O) groups is 1. The summed E-state index contributed by atoms with van der Waals surface area (Å²) >= 11 is 4.94. The molecule has 1 amide bonds. The van der Waals surface area contributed by atoms with Crippen LogP contribution in [0.15, 0.2) is 45.5 Å². The van der Waals surface area contributed by atoms with Crippen LogP contribution < -0.4 is 5.32 Å². The van der Waals surface area contributed by atoms with Gasteiger partial charge >= 0.3 is 0 Å². The van der Waals surface area contributed by atoms with E-state index in [2.05, 4.69) is 31.2 Å². The fourth-order valence-corrected chi connectivity index (χ4v) is 3.09. The van der Waals surface area contributed by atoms with Crippen molar-refractivity contribution in [2.24, 2.45) is 0 Å². The first-order chi connectivity index (χ1) is 11.2. The summed E-state index contributed by atoms with van der Waals surface area (Å²) in [5.74, 6) is 1.72. The first-order valence-electron chi connectivity index (χ1n) is 7.17. The van der Waals surface area contributed by atoms with Crippen LogP contribution in [0.2, 0.25) is 0 Å². The Morgan fingerprint density at radius 3 is 2.91 bits per heavy atom. The highest BCUT2D eigenvalue weighted by atomic mass is 79.9. The van der Waals surface area contributed by atoms with Crippen LogP contribution in [0.4, 0.5) is 0 Å². The van der Waals surface area contributed by atoms with Gasteiger partial charge in [-0.2, -0.15) is 11.8 Å². The molecular weight excluding hydrogens is 378 g/mol. The number of nitrogens with zero attached hydrogens (tertiary/aromatic N) is 1. The minimum absolute atomic E-state index is 0.189. The standard InChI is InChI=1S/C16H16BrN3O2S/c1-23-9-8-12(20-16(21)13-6-7-14(17)22-13)15-18-10-4-2-3-5-11(10)19-15/h2-7,12H,8-9H2,1H3,(H,18,19)(H,20,21)/t12-/m0/s1. The highest BCUT2D eigenvalue weighted by Gasteiger charge is 2.20. The maximum atomic E-state index is 12.3. The van der Waals surface area contributed by atoms with Gasteiger partial charge < -0.3 is 14.7 Å². The maximum Gasteiger partial charge on any atom is 0.287 e. The number of amides is 1. The number of imidazole rings is 1. The predicted octanol–water partition coefficient (Wildman–Crippen LogP) is 4.14. The van der Waals surface area contributed by atoms with Crippen molar-refractivity contribution in [1.29, 1.82) is 0 Å². The third-order valence-electron chi connectivity index (χ3n) is 3.45. The minimum Gasteiger partial charge on any atom is -0.444 e. The Hall–Kier alpha value is -1.73. The van der Waals surface area contributed by atoms with Crippen LogP contribution in [0.1, 0.15) is 28.8 Å². The van der Waals surface area contributed by atoms with Gasteiger partial charge in [-0.05, 0) is 58.6 Å². The highest BCUT2D eigenvalue weighted by molar-refractivity contribution is 9.10. The van der Waals surface area contributed by atoms with Crippen molar-refractivity contribution in [3.8, 4) is 0 Å². The molecule has 2 aromatic heterocycles. The van der Waals surface area contributed by atoms with E-state index < -0.39 is 0 Å². The molecule has 7 heteroatoms. The van der Waals surface area contributed by atoms with Gasteiger partial charge in [-0.3, -0.25) is 4.79 Å². The van der Waals surface area contributed by atoms with Crippen molar-refractivity contribution in [2.45, 2.75) is 12.5 Å². The number of rotatable bonds is 6. The van der Waals surface area contributed by atoms with Gasteiger partial charge in [0.2, 0.25) is 0 Å². The summed E-state index contributed by atoms with van der Waals surface area (Å²) in [4.78, 5) is 20.2. The number of nitrogens with one attached hydrogen (secondary N) is 2. The quantitative estimate of drug-likeness (QED) is 0.659. The van der Waals surface area contributed by atoms with Gasteiger partial charge in [-0.15, -0.1) is 0 Å². The number of H-pyrrole nitrogens is 1. The molecule has 2 N–H and O–H groups in total. The predicted molar refractivity (Wildman–Crippen MR) is 95.7 cm³/mol. The van der Waals surface area contributed by atoms with Crippen LogP contribution in [-0.4, -0.2) is 27.9 Å². The lowest BCUT2D eigenvalue weighted by molar-refractivity contribution is 0.0905. The van der Waals surface area contributed by atoms with E-state index in [0.717, 1.165) is 29.0 Å². The van der Waals surface area contributed by atoms with Crippen molar-refractivity contribution in [3.63, 3.8) is 0 Å². The Labute approximate surface area is 146 Å². The molecule has 0 aliphatic rings. The van der Waals surface area contributed by atoms with Gasteiger partial charge in [-0.1, -0.05) is 12.1 Å². The van der Waals surface area contributed by atoms with Gasteiger partial charge in [0.05, 0.1) is 17.1 Å². The van der Waals surface area contributed by atoms with Crippen LogP contribution in [0.3, 0.4) is 0 Å². The van der Waals surface area contributed by atoms with Gasteiger partial charge in [0, 0.05) is 0 Å². The zero-order chi connectivity index (χ0) is 16.2. The lowest BCUT2D eigenvalue weighted by Gasteiger charge is -2.15. The number of hydrogen-bond acceptors (Lipinski definition) is 4. The number of thioether (sulfide) groups is 1. The summed E-state index contributed by atoms with van der Waals surface area (Å²) in [5.41, 5.74) is 1.86. The maximum absolute atomic E-state index is 12.3. The fourth-order valence-electron chi connectivity index (χ4n) is 2.32. The lowest BCUT2D eigenvalue weighted by Crippen LogP contribution is -2.29. The molecule has 3 aromatic rings. The monoisotopic (exact) mass is 393 g/mol. The number of aromatic amines is 1. The topological polar surface area (TPSA) is 70.9 Å². The molecule has 5 nitrogen and oxygen atoms in total. The van der Waals surface area contributed by atoms with Crippen LogP contribution in [0.5, 0.6) is 0 Å². The molecule has 0 aliphatic heterocycles. The number of hydrogen-bond donors (Lipinski definition) is 2. The highest BCUT2D eigenvalue weighted by Crippen LogP contribution is 2.21. The van der Waals surface area contributed by atoms with Crippen LogP contribution >= 0.6 is 27.7 Å². The molecule has 0 saturated heterocycles. The number of benzene rings is 1. The molecule has 0 spiro atoms. The number of halogens is 1. The first-order valence-corrected chi connectivity index (χ1v) is 9.36. The molecule has 0 saturated carbocycles. The Kier molecular flexibility index (Phi) is 5.07. The summed E-state index contributed by atoms with van der Waals surface area (Å²) in [6.07, 6.45) is 2.83. The molecule has 1 aromatic carbocycles. The number of para-hydroxylation sites is 2. The SMILES string of the molecule is CSCC[C@H](NC(=O)c1ccc(Br)o1)c1nc2ccccc2[nH]1. The second kappa shape index (κ2) is 7.23. The summed E-state index contributed by atoms with van der Waals surface area (Å²) < 4.78 is 5.85. The normalized spacial score (nSPS) is 12.4. The fraction of sp³-hybridized carbons (Fsp3) is 0.250. The Morgan fingerprint density at radius 2 is 2.22 bits per heavy atom. The molecule has 120 valence electrons. The van der Waals surface area contributed by atoms with Crippen LogP contribution in [-0.2, 0) is 0 Å². The van der Waals surface area contributed by atoms with E-state index in [1.807, 2.05) is 30.5 Å². The molecule has 0 bridgehead atoms. The van der Waals surface area contributed by atoms with Crippen molar-refractivity contribution in [2.75, 3.05) is 12.0 Å². The van der Waals surface area contributed by atoms with Crippen molar-refractivity contribution in [1.82, 2.24) is 15.3 Å². The molecule has 23 heavy (non-hydrogen) atoms. The second-order valence-corrected chi connectivity index (χ2v) is 6.82. The van der Waals surface area contributed by atoms with E-state index in [1.54, 1.807) is 23.9 Å². The summed E-state index contributed by atoms with van der Waals surface area (Å²) in [5, 5.41) is 3.00. The Morgan fingerprint density at radius 1 is 1.39 bits per heavy atom. The average molecular weight is 394 g/mol. The average Bonchev–Trinajstić information content (AvgIpc) is 3.17. The van der Waals surface area contributed by atoms with E-state index in [-0.39, 0.29) is 17.7 Å². The summed E-state index contributed by atoms with van der Waals surface area (Å²) in [6, 6.07) is 11.0. The molecule has 1 atom stereocenters. The van der Waals surface area contributed by atoms with Gasteiger partial charge in [0.25, 0.3) is 5.91 Å². The number of fused-ring (bicyclic) bond motifs is 1. The van der Waals surface area contributed by atoms with Crippen molar-refractivity contribution in [3.05, 3.63) is 52.7 Å². The number of aromatic nitrogens is 2. The third kappa shape index (κ3) is 3.79.